The Balaban J connectivity index is 1.08. The predicted molar refractivity (Wildman–Crippen MR) is 161 cm³/mol. The summed E-state index contributed by atoms with van der Waals surface area (Å²) in [6, 6.07) is 3.93. The van der Waals surface area contributed by atoms with E-state index in [1.165, 1.54) is 50.2 Å². The molecule has 0 aliphatic heterocycles. The van der Waals surface area contributed by atoms with Gasteiger partial charge in [-0.1, -0.05) is 17.7 Å². The number of hydrogen-bond donors (Lipinski definition) is 2. The molecule has 9 saturated carbocycles. The summed E-state index contributed by atoms with van der Waals surface area (Å²) >= 11 is 21.9. The highest BCUT2D eigenvalue weighted by Gasteiger charge is 2.86. The quantitative estimate of drug-likeness (QED) is 0.141. The second-order valence-electron chi connectivity index (χ2n) is 16.3. The number of halogens is 6. The summed E-state index contributed by atoms with van der Waals surface area (Å²) < 4.78 is 42.5. The van der Waals surface area contributed by atoms with Crippen molar-refractivity contribution in [3.63, 3.8) is 0 Å². The van der Waals surface area contributed by atoms with E-state index in [2.05, 4.69) is 9.73 Å². The number of nitrogens with zero attached hydrogens (tertiary/aromatic N) is 1. The second kappa shape index (κ2) is 8.57. The van der Waals surface area contributed by atoms with E-state index in [1.807, 2.05) is 0 Å². The molecule has 3 N–H and O–H groups in total. The molecule has 16 unspecified atom stereocenters. The molecule has 1 aromatic rings. The Morgan fingerprint density at radius 3 is 2.11 bits per heavy atom. The molecule has 0 heterocycles. The van der Waals surface area contributed by atoms with Crippen molar-refractivity contribution in [3.8, 4) is 5.75 Å². The molecule has 9 aliphatic carbocycles. The molecule has 0 bridgehead atoms. The van der Waals surface area contributed by atoms with E-state index in [-0.39, 0.29) is 23.4 Å². The fraction of sp³-hybridized carbons (Fsp3) is 0.794. The maximum atomic E-state index is 13.0. The summed E-state index contributed by atoms with van der Waals surface area (Å²) in [4.78, 5) is 4.39. The number of benzene rings is 1. The molecular formula is C34H38Cl3F3N2O2. The first-order valence-corrected chi connectivity index (χ1v) is 17.9. The Kier molecular flexibility index (Phi) is 5.49. The predicted octanol–water partition coefficient (Wildman–Crippen LogP) is 7.67. The van der Waals surface area contributed by atoms with E-state index < -0.39 is 27.5 Å². The third-order valence-electron chi connectivity index (χ3n) is 15.8. The normalized spacial score (nSPS) is 51.8. The lowest BCUT2D eigenvalue weighted by atomic mass is 9.23. The van der Waals surface area contributed by atoms with Crippen LogP contribution in [0.5, 0.6) is 5.75 Å². The molecule has 0 aromatic heterocycles. The molecule has 0 radical (unpaired) electrons. The first kappa shape index (κ1) is 28.2. The lowest BCUT2D eigenvalue weighted by molar-refractivity contribution is -0.344. The third-order valence-corrected chi connectivity index (χ3v) is 17.2. The number of ether oxygens (including phenoxy) is 1. The average Bonchev–Trinajstić information content (AvgIpc) is 3.68. The zero-order valence-electron chi connectivity index (χ0n) is 24.3. The zero-order valence-corrected chi connectivity index (χ0v) is 26.5. The molecule has 0 amide bonds. The van der Waals surface area contributed by atoms with Crippen molar-refractivity contribution in [1.82, 2.24) is 0 Å². The molecule has 16 atom stereocenters. The molecule has 10 heteroatoms. The summed E-state index contributed by atoms with van der Waals surface area (Å²) in [6.45, 7) is 0.00353. The van der Waals surface area contributed by atoms with E-state index in [1.54, 1.807) is 0 Å². The number of alkyl halides is 5. The van der Waals surface area contributed by atoms with E-state index in [0.29, 0.717) is 52.9 Å². The molecule has 0 saturated heterocycles. The number of nitrogens with two attached hydrogens (primary N) is 1. The highest BCUT2D eigenvalue weighted by molar-refractivity contribution is 6.49. The van der Waals surface area contributed by atoms with Gasteiger partial charge in [0.1, 0.15) is 15.7 Å². The average molecular weight is 670 g/mol. The van der Waals surface area contributed by atoms with E-state index in [4.69, 9.17) is 40.5 Å². The zero-order chi connectivity index (χ0) is 30.3. The molecular weight excluding hydrogens is 632 g/mol. The van der Waals surface area contributed by atoms with Crippen molar-refractivity contribution in [3.05, 3.63) is 28.8 Å². The van der Waals surface area contributed by atoms with Crippen molar-refractivity contribution in [2.75, 3.05) is 6.54 Å². The lowest BCUT2D eigenvalue weighted by Crippen LogP contribution is -2.78. The number of hydrogen-bond acceptors (Lipinski definition) is 3. The van der Waals surface area contributed by atoms with Crippen LogP contribution in [-0.2, 0) is 5.60 Å². The van der Waals surface area contributed by atoms with Crippen LogP contribution >= 0.6 is 34.8 Å². The first-order chi connectivity index (χ1) is 20.9. The van der Waals surface area contributed by atoms with Crippen LogP contribution in [0.15, 0.2) is 23.2 Å². The van der Waals surface area contributed by atoms with Gasteiger partial charge >= 0.3 is 6.36 Å². The fourth-order valence-corrected chi connectivity index (χ4v) is 15.7. The molecule has 10 rings (SSSR count). The van der Waals surface area contributed by atoms with E-state index in [9.17, 15) is 18.3 Å². The van der Waals surface area contributed by atoms with Gasteiger partial charge in [0.15, 0.2) is 0 Å². The summed E-state index contributed by atoms with van der Waals surface area (Å²) in [5, 5.41) is 13.1. The fourth-order valence-electron chi connectivity index (χ4n) is 14.4. The van der Waals surface area contributed by atoms with Crippen LogP contribution in [-0.4, -0.2) is 28.7 Å². The molecule has 4 nitrogen and oxygen atoms in total. The monoisotopic (exact) mass is 668 g/mol. The third kappa shape index (κ3) is 3.10. The summed E-state index contributed by atoms with van der Waals surface area (Å²) in [5.41, 5.74) is 4.15. The summed E-state index contributed by atoms with van der Waals surface area (Å²) in [6.07, 6.45) is 4.34. The molecule has 238 valence electrons. The Bertz CT molecular complexity index is 1470. The van der Waals surface area contributed by atoms with Crippen LogP contribution in [0.1, 0.15) is 50.5 Å². The SMILES string of the molecule is NC=NCC(O)(c1ccc(OC(F)(F)F)cc1Cl)C1(C2C3C4CCC4C3CC3C2C2C4C5C6CCC6C5C4C2C3(Cl)Cl)CC1. The van der Waals surface area contributed by atoms with Crippen molar-refractivity contribution >= 4 is 41.1 Å². The van der Waals surface area contributed by atoms with Gasteiger partial charge in [0, 0.05) is 11.0 Å². The van der Waals surface area contributed by atoms with Crippen LogP contribution in [0.4, 0.5) is 13.2 Å². The van der Waals surface area contributed by atoms with Crippen molar-refractivity contribution in [1.29, 1.82) is 0 Å². The van der Waals surface area contributed by atoms with Gasteiger partial charge in [-0.3, -0.25) is 4.99 Å². The molecule has 44 heavy (non-hydrogen) atoms. The van der Waals surface area contributed by atoms with Gasteiger partial charge < -0.3 is 15.6 Å². The minimum atomic E-state index is -4.84. The number of aliphatic imine (C=N–C) groups is 1. The van der Waals surface area contributed by atoms with Crippen LogP contribution in [0.25, 0.3) is 0 Å². The largest absolute Gasteiger partial charge is 0.573 e. The second-order valence-corrected chi connectivity index (χ2v) is 18.1. The minimum absolute atomic E-state index is 0.00353. The number of aliphatic hydroxyl groups is 1. The van der Waals surface area contributed by atoms with Gasteiger partial charge in [-0.2, -0.15) is 0 Å². The van der Waals surface area contributed by atoms with Gasteiger partial charge in [-0.05, 0) is 146 Å². The topological polar surface area (TPSA) is 67.8 Å². The molecule has 9 aliphatic rings. The lowest BCUT2D eigenvalue weighted by Gasteiger charge is -2.82. The van der Waals surface area contributed by atoms with Gasteiger partial charge in [0.05, 0.1) is 17.9 Å². The van der Waals surface area contributed by atoms with Crippen LogP contribution in [0.3, 0.4) is 0 Å². The Morgan fingerprint density at radius 1 is 0.886 bits per heavy atom. The highest BCUT2D eigenvalue weighted by Crippen LogP contribution is 2.89. The van der Waals surface area contributed by atoms with Crippen LogP contribution < -0.4 is 10.5 Å². The van der Waals surface area contributed by atoms with E-state index in [0.717, 1.165) is 48.9 Å². The Hall–Kier alpha value is -0.890. The molecule has 1 aromatic carbocycles. The Labute approximate surface area is 270 Å². The van der Waals surface area contributed by atoms with Gasteiger partial charge in [-0.25, -0.2) is 0 Å². The molecule has 0 spiro atoms. The number of fused-ring (bicyclic) bond motifs is 16. The summed E-state index contributed by atoms with van der Waals surface area (Å²) in [5.74, 6) is 8.49. The number of rotatable bonds is 6. The standard InChI is InChI=1S/C34H38Cl3F3N2O2/c35-21-9-13(44-34(38,39)40)1-6-19(21)32(43,11-42-12-41)31(7-8-31)29-22-15-3-2-14(15)18(22)10-20-25(29)28-26-23-16-4-5-17(16)24(23)27(26)30(28)33(20,36)37/h1,6,9,12,14-18,20,22-30,43H,2-5,7-8,10-11H2,(H2,41,42). The maximum Gasteiger partial charge on any atom is 0.573 e. The van der Waals surface area contributed by atoms with Crippen LogP contribution in [0.2, 0.25) is 5.02 Å². The summed E-state index contributed by atoms with van der Waals surface area (Å²) in [7, 11) is 0. The van der Waals surface area contributed by atoms with Gasteiger partial charge in [0.25, 0.3) is 0 Å². The van der Waals surface area contributed by atoms with Gasteiger partial charge in [-0.15, -0.1) is 36.4 Å². The maximum absolute atomic E-state index is 13.0. The van der Waals surface area contributed by atoms with Crippen molar-refractivity contribution < 1.29 is 23.0 Å². The molecule has 9 fully saturated rings. The van der Waals surface area contributed by atoms with Gasteiger partial charge in [0.2, 0.25) is 0 Å². The first-order valence-electron chi connectivity index (χ1n) is 16.8. The minimum Gasteiger partial charge on any atom is -0.406 e. The van der Waals surface area contributed by atoms with Crippen molar-refractivity contribution in [2.45, 2.75) is 61.2 Å². The van der Waals surface area contributed by atoms with Crippen molar-refractivity contribution in [2.24, 2.45) is 105 Å². The van der Waals surface area contributed by atoms with E-state index >= 15 is 0 Å². The van der Waals surface area contributed by atoms with Crippen LogP contribution in [0, 0.1) is 94.2 Å². The smallest absolute Gasteiger partial charge is 0.406 e. The Morgan fingerprint density at radius 2 is 1.52 bits per heavy atom. The highest BCUT2D eigenvalue weighted by atomic mass is 35.5.